The van der Waals surface area contributed by atoms with E-state index >= 15 is 0 Å². The summed E-state index contributed by atoms with van der Waals surface area (Å²) >= 11 is 0. The third-order valence-corrected chi connectivity index (χ3v) is 3.91. The van der Waals surface area contributed by atoms with Crippen LogP contribution in [0.2, 0.25) is 0 Å². The number of urea groups is 1. The Morgan fingerprint density at radius 2 is 1.92 bits per heavy atom. The molecule has 1 heterocycles. The fourth-order valence-electron chi connectivity index (χ4n) is 2.45. The van der Waals surface area contributed by atoms with Crippen LogP contribution in [-0.2, 0) is 15.1 Å². The molecule has 1 fully saturated rings. The van der Waals surface area contributed by atoms with Gasteiger partial charge in [0.05, 0.1) is 0 Å². The summed E-state index contributed by atoms with van der Waals surface area (Å²) in [5.41, 5.74) is 5.95. The van der Waals surface area contributed by atoms with E-state index in [0.717, 1.165) is 10.5 Å². The molecule has 8 heteroatoms. The Morgan fingerprint density at radius 1 is 1.29 bits per heavy atom. The summed E-state index contributed by atoms with van der Waals surface area (Å²) in [6, 6.07) is 6.80. The summed E-state index contributed by atoms with van der Waals surface area (Å²) in [6.07, 6.45) is 0.646. The van der Waals surface area contributed by atoms with Crippen molar-refractivity contribution in [2.24, 2.45) is 5.73 Å². The van der Waals surface area contributed by atoms with Crippen LogP contribution in [0.25, 0.3) is 0 Å². The molecule has 1 aromatic rings. The lowest BCUT2D eigenvalue weighted by Gasteiger charge is -2.22. The molecule has 1 unspecified atom stereocenters. The SMILES string of the molecule is Cc1ccc(C2(C)NC(=O)N(CC(=O)NCCCN)C2=O)cc1.Cl. The van der Waals surface area contributed by atoms with Gasteiger partial charge in [-0.3, -0.25) is 14.5 Å². The monoisotopic (exact) mass is 354 g/mol. The Balaban J connectivity index is 0.00000288. The van der Waals surface area contributed by atoms with Gasteiger partial charge in [-0.1, -0.05) is 29.8 Å². The molecule has 1 atom stereocenters. The highest BCUT2D eigenvalue weighted by molar-refractivity contribution is 6.09. The smallest absolute Gasteiger partial charge is 0.325 e. The normalized spacial score (nSPS) is 19.7. The molecule has 0 saturated carbocycles. The van der Waals surface area contributed by atoms with Crippen LogP contribution < -0.4 is 16.4 Å². The standard InChI is InChI=1S/C16H22N4O3.ClH/c1-11-4-6-12(7-5-11)16(2)14(22)20(15(23)19-16)10-13(21)18-9-3-8-17;/h4-7H,3,8-10,17H2,1-2H3,(H,18,21)(H,19,23);1H. The number of benzene rings is 1. The molecule has 4 amide bonds. The molecule has 2 rings (SSSR count). The molecule has 1 saturated heterocycles. The first-order valence-corrected chi connectivity index (χ1v) is 7.56. The number of amides is 4. The number of nitrogens with zero attached hydrogens (tertiary/aromatic N) is 1. The number of rotatable bonds is 6. The third-order valence-electron chi connectivity index (χ3n) is 3.91. The summed E-state index contributed by atoms with van der Waals surface area (Å²) in [6.45, 7) is 4.18. The van der Waals surface area contributed by atoms with E-state index in [2.05, 4.69) is 10.6 Å². The van der Waals surface area contributed by atoms with Crippen molar-refractivity contribution in [1.29, 1.82) is 0 Å². The maximum Gasteiger partial charge on any atom is 0.325 e. The number of hydrogen-bond acceptors (Lipinski definition) is 4. The van der Waals surface area contributed by atoms with Crippen molar-refractivity contribution in [3.63, 3.8) is 0 Å². The largest absolute Gasteiger partial charge is 0.354 e. The van der Waals surface area contributed by atoms with Crippen LogP contribution in [0, 0.1) is 6.92 Å². The van der Waals surface area contributed by atoms with Crippen molar-refractivity contribution in [3.05, 3.63) is 35.4 Å². The Hall–Kier alpha value is -2.12. The van der Waals surface area contributed by atoms with Crippen molar-refractivity contribution in [2.75, 3.05) is 19.6 Å². The summed E-state index contributed by atoms with van der Waals surface area (Å²) in [5, 5.41) is 5.31. The molecular weight excluding hydrogens is 332 g/mol. The maximum absolute atomic E-state index is 12.6. The summed E-state index contributed by atoms with van der Waals surface area (Å²) in [5.74, 6) is -0.810. The van der Waals surface area contributed by atoms with E-state index in [0.29, 0.717) is 25.1 Å². The van der Waals surface area contributed by atoms with E-state index in [1.807, 2.05) is 19.1 Å². The van der Waals surface area contributed by atoms with Crippen LogP contribution in [0.1, 0.15) is 24.5 Å². The second kappa shape index (κ2) is 8.12. The number of hydrogen-bond donors (Lipinski definition) is 3. The Bertz CT molecular complexity index is 620. The van der Waals surface area contributed by atoms with Crippen molar-refractivity contribution in [1.82, 2.24) is 15.5 Å². The average Bonchev–Trinajstić information content (AvgIpc) is 2.72. The lowest BCUT2D eigenvalue weighted by molar-refractivity contribution is -0.134. The zero-order valence-electron chi connectivity index (χ0n) is 13.8. The number of aryl methyl sites for hydroxylation is 1. The highest BCUT2D eigenvalue weighted by Gasteiger charge is 2.49. The zero-order valence-corrected chi connectivity index (χ0v) is 14.6. The second-order valence-corrected chi connectivity index (χ2v) is 5.80. The van der Waals surface area contributed by atoms with Gasteiger partial charge in [0.15, 0.2) is 0 Å². The van der Waals surface area contributed by atoms with Crippen LogP contribution in [-0.4, -0.2) is 42.4 Å². The molecule has 132 valence electrons. The number of carbonyl (C=O) groups is 3. The van der Waals surface area contributed by atoms with Crippen LogP contribution in [0.15, 0.2) is 24.3 Å². The van der Waals surface area contributed by atoms with Gasteiger partial charge in [-0.15, -0.1) is 12.4 Å². The third kappa shape index (κ3) is 4.04. The van der Waals surface area contributed by atoms with Crippen molar-refractivity contribution in [2.45, 2.75) is 25.8 Å². The number of halogens is 1. The molecule has 24 heavy (non-hydrogen) atoms. The van der Waals surface area contributed by atoms with Gasteiger partial charge in [0.25, 0.3) is 5.91 Å². The lowest BCUT2D eigenvalue weighted by Crippen LogP contribution is -2.43. The maximum atomic E-state index is 12.6. The fraction of sp³-hybridized carbons (Fsp3) is 0.438. The zero-order chi connectivity index (χ0) is 17.0. The van der Waals surface area contributed by atoms with Crippen LogP contribution in [0.3, 0.4) is 0 Å². The van der Waals surface area contributed by atoms with Gasteiger partial charge in [0, 0.05) is 6.54 Å². The van der Waals surface area contributed by atoms with Crippen molar-refractivity contribution in [3.8, 4) is 0 Å². The molecule has 0 spiro atoms. The van der Waals surface area contributed by atoms with Gasteiger partial charge in [-0.25, -0.2) is 4.79 Å². The quantitative estimate of drug-likeness (QED) is 0.515. The minimum atomic E-state index is -1.15. The summed E-state index contributed by atoms with van der Waals surface area (Å²) < 4.78 is 0. The highest BCUT2D eigenvalue weighted by Crippen LogP contribution is 2.28. The van der Waals surface area contributed by atoms with Crippen molar-refractivity contribution < 1.29 is 14.4 Å². The first-order valence-electron chi connectivity index (χ1n) is 7.56. The van der Waals surface area contributed by atoms with E-state index in [4.69, 9.17) is 5.73 Å². The molecule has 0 aliphatic carbocycles. The Morgan fingerprint density at radius 3 is 2.50 bits per heavy atom. The first-order chi connectivity index (χ1) is 10.9. The Kier molecular flexibility index (Phi) is 6.74. The molecule has 1 aromatic carbocycles. The van der Waals surface area contributed by atoms with Crippen LogP contribution >= 0.6 is 12.4 Å². The molecule has 0 aromatic heterocycles. The summed E-state index contributed by atoms with van der Waals surface area (Å²) in [7, 11) is 0. The van der Waals surface area contributed by atoms with Crippen LogP contribution in [0.4, 0.5) is 4.79 Å². The topological polar surface area (TPSA) is 105 Å². The number of nitrogens with two attached hydrogens (primary N) is 1. The van der Waals surface area contributed by atoms with Gasteiger partial charge in [-0.2, -0.15) is 0 Å². The average molecular weight is 355 g/mol. The number of imide groups is 1. The first kappa shape index (κ1) is 19.9. The van der Waals surface area contributed by atoms with Gasteiger partial charge in [0.2, 0.25) is 5.91 Å². The lowest BCUT2D eigenvalue weighted by atomic mass is 9.91. The minimum absolute atomic E-state index is 0. The fourth-order valence-corrected chi connectivity index (χ4v) is 2.45. The molecule has 7 nitrogen and oxygen atoms in total. The van der Waals surface area contributed by atoms with Crippen LogP contribution in [0.5, 0.6) is 0 Å². The molecule has 1 aliphatic heterocycles. The molecule has 0 bridgehead atoms. The van der Waals surface area contributed by atoms with Crippen molar-refractivity contribution >= 4 is 30.3 Å². The molecule has 4 N–H and O–H groups in total. The van der Waals surface area contributed by atoms with E-state index in [1.54, 1.807) is 19.1 Å². The number of nitrogens with one attached hydrogen (secondary N) is 2. The van der Waals surface area contributed by atoms with E-state index in [9.17, 15) is 14.4 Å². The highest BCUT2D eigenvalue weighted by atomic mass is 35.5. The predicted molar refractivity (Wildman–Crippen MR) is 92.7 cm³/mol. The second-order valence-electron chi connectivity index (χ2n) is 5.80. The van der Waals surface area contributed by atoms with E-state index < -0.39 is 17.5 Å². The van der Waals surface area contributed by atoms with Gasteiger partial charge >= 0.3 is 6.03 Å². The predicted octanol–water partition coefficient (Wildman–Crippen LogP) is 0.649. The summed E-state index contributed by atoms with van der Waals surface area (Å²) in [4.78, 5) is 37.5. The van der Waals surface area contributed by atoms with Gasteiger partial charge < -0.3 is 16.4 Å². The number of carbonyl (C=O) groups excluding carboxylic acids is 3. The van der Waals surface area contributed by atoms with Gasteiger partial charge in [-0.05, 0) is 32.4 Å². The van der Waals surface area contributed by atoms with E-state index in [1.165, 1.54) is 0 Å². The molecule has 0 radical (unpaired) electrons. The molecule has 1 aliphatic rings. The Labute approximate surface area is 147 Å². The van der Waals surface area contributed by atoms with E-state index in [-0.39, 0.29) is 24.9 Å². The minimum Gasteiger partial charge on any atom is -0.354 e. The van der Waals surface area contributed by atoms with Gasteiger partial charge in [0.1, 0.15) is 12.1 Å². The molecular formula is C16H23ClN4O3.